The molecule has 2 rings (SSSR count). The smallest absolute Gasteiger partial charge is 0.134 e. The Bertz CT molecular complexity index is 562. The lowest BCUT2D eigenvalue weighted by Crippen LogP contribution is -2.02. The Morgan fingerprint density at radius 2 is 2.00 bits per heavy atom. The Morgan fingerprint density at radius 1 is 1.28 bits per heavy atom. The number of hydrogen-bond acceptors (Lipinski definition) is 5. The quantitative estimate of drug-likeness (QED) is 0.861. The van der Waals surface area contributed by atoms with Crippen LogP contribution in [0.3, 0.4) is 0 Å². The van der Waals surface area contributed by atoms with Crippen molar-refractivity contribution in [2.24, 2.45) is 7.05 Å². The van der Waals surface area contributed by atoms with Gasteiger partial charge < -0.3 is 5.73 Å². The average molecular weight is 263 g/mol. The van der Waals surface area contributed by atoms with E-state index in [4.69, 9.17) is 5.73 Å². The fraction of sp³-hybridized carbons (Fsp3) is 0.417. The predicted molar refractivity (Wildman–Crippen MR) is 72.6 cm³/mol. The molecular formula is C12H17N5S. The molecule has 96 valence electrons. The number of aromatic nitrogens is 4. The molecule has 0 aromatic carbocycles. The van der Waals surface area contributed by atoms with Gasteiger partial charge in [0.1, 0.15) is 21.7 Å². The molecule has 0 radical (unpaired) electrons. The third kappa shape index (κ3) is 2.81. The molecular weight excluding hydrogens is 246 g/mol. The van der Waals surface area contributed by atoms with Crippen molar-refractivity contribution in [3.8, 4) is 0 Å². The number of hydrogen-bond donors (Lipinski definition) is 1. The van der Waals surface area contributed by atoms with Gasteiger partial charge in [0.05, 0.1) is 5.69 Å². The molecule has 0 saturated carbocycles. The summed E-state index contributed by atoms with van der Waals surface area (Å²) in [7, 11) is 1.92. The summed E-state index contributed by atoms with van der Waals surface area (Å²) < 4.78 is 1.84. The minimum atomic E-state index is 0.265. The van der Waals surface area contributed by atoms with E-state index in [2.05, 4.69) is 28.9 Å². The van der Waals surface area contributed by atoms with Gasteiger partial charge in [0, 0.05) is 19.0 Å². The summed E-state index contributed by atoms with van der Waals surface area (Å²) in [6.07, 6.45) is 0. The van der Waals surface area contributed by atoms with Crippen LogP contribution in [0.5, 0.6) is 0 Å². The highest BCUT2D eigenvalue weighted by Crippen LogP contribution is 2.28. The molecule has 2 heterocycles. The summed E-state index contributed by atoms with van der Waals surface area (Å²) in [5, 5.41) is 6.21. The first kappa shape index (κ1) is 12.9. The zero-order valence-corrected chi connectivity index (χ0v) is 11.8. The summed E-state index contributed by atoms with van der Waals surface area (Å²) in [4.78, 5) is 8.74. The van der Waals surface area contributed by atoms with Crippen LogP contribution in [0.4, 0.5) is 5.82 Å². The first-order valence-electron chi connectivity index (χ1n) is 5.78. The largest absolute Gasteiger partial charge is 0.384 e. The minimum absolute atomic E-state index is 0.265. The summed E-state index contributed by atoms with van der Waals surface area (Å²) in [6, 6.07) is 3.82. The predicted octanol–water partition coefficient (Wildman–Crippen LogP) is 2.38. The molecule has 5 nitrogen and oxygen atoms in total. The maximum Gasteiger partial charge on any atom is 0.134 e. The second kappa shape index (κ2) is 4.97. The van der Waals surface area contributed by atoms with Gasteiger partial charge >= 0.3 is 0 Å². The highest BCUT2D eigenvalue weighted by atomic mass is 32.2. The van der Waals surface area contributed by atoms with E-state index >= 15 is 0 Å². The first-order chi connectivity index (χ1) is 8.45. The maximum atomic E-state index is 5.81. The van der Waals surface area contributed by atoms with Crippen molar-refractivity contribution in [2.45, 2.75) is 36.7 Å². The number of nitrogens with two attached hydrogens (primary N) is 1. The van der Waals surface area contributed by atoms with Crippen LogP contribution in [0.2, 0.25) is 0 Å². The normalized spacial score (nSPS) is 11.2. The molecule has 0 atom stereocenters. The molecule has 0 aliphatic rings. The van der Waals surface area contributed by atoms with E-state index in [1.54, 1.807) is 17.8 Å². The number of anilines is 1. The van der Waals surface area contributed by atoms with Crippen LogP contribution in [-0.4, -0.2) is 19.7 Å². The fourth-order valence-corrected chi connectivity index (χ4v) is 2.50. The van der Waals surface area contributed by atoms with Gasteiger partial charge in [0.15, 0.2) is 0 Å². The molecule has 0 fully saturated rings. The Labute approximate surface area is 111 Å². The van der Waals surface area contributed by atoms with Crippen molar-refractivity contribution < 1.29 is 0 Å². The van der Waals surface area contributed by atoms with Crippen molar-refractivity contribution in [1.82, 2.24) is 19.7 Å². The average Bonchev–Trinajstić information content (AvgIpc) is 2.56. The zero-order valence-electron chi connectivity index (χ0n) is 11.0. The fourth-order valence-electron chi connectivity index (χ4n) is 1.56. The Hall–Kier alpha value is -1.56. The van der Waals surface area contributed by atoms with Gasteiger partial charge in [-0.15, -0.1) is 0 Å². The molecule has 0 amide bonds. The molecule has 6 heteroatoms. The van der Waals surface area contributed by atoms with E-state index in [9.17, 15) is 0 Å². The van der Waals surface area contributed by atoms with Crippen LogP contribution < -0.4 is 5.73 Å². The number of nitrogens with zero attached hydrogens (tertiary/aromatic N) is 4. The molecule has 0 aliphatic carbocycles. The van der Waals surface area contributed by atoms with Crippen molar-refractivity contribution >= 4 is 17.6 Å². The standard InChI is InChI=1S/C12H17N5S/c1-7(2)12-14-9(13)6-10(15-12)18-11-5-8(3)16-17(11)4/h5-7H,1-4H3,(H2,13,14,15). The van der Waals surface area contributed by atoms with E-state index in [1.807, 2.05) is 24.7 Å². The minimum Gasteiger partial charge on any atom is -0.384 e. The molecule has 0 spiro atoms. The van der Waals surface area contributed by atoms with Gasteiger partial charge in [0.25, 0.3) is 0 Å². The van der Waals surface area contributed by atoms with E-state index in [0.29, 0.717) is 5.82 Å². The van der Waals surface area contributed by atoms with Crippen LogP contribution in [0.25, 0.3) is 0 Å². The van der Waals surface area contributed by atoms with Gasteiger partial charge in [-0.3, -0.25) is 4.68 Å². The van der Waals surface area contributed by atoms with Gasteiger partial charge in [-0.25, -0.2) is 9.97 Å². The van der Waals surface area contributed by atoms with Gasteiger partial charge in [-0.2, -0.15) is 5.10 Å². The number of nitrogen functional groups attached to an aromatic ring is 1. The van der Waals surface area contributed by atoms with Crippen molar-refractivity contribution in [3.05, 3.63) is 23.7 Å². The molecule has 2 aromatic heterocycles. The van der Waals surface area contributed by atoms with Crippen molar-refractivity contribution in [3.63, 3.8) is 0 Å². The highest BCUT2D eigenvalue weighted by Gasteiger charge is 2.10. The van der Waals surface area contributed by atoms with Crippen molar-refractivity contribution in [2.75, 3.05) is 5.73 Å². The van der Waals surface area contributed by atoms with E-state index < -0.39 is 0 Å². The summed E-state index contributed by atoms with van der Waals surface area (Å²) in [6.45, 7) is 6.08. The Kier molecular flexibility index (Phi) is 3.56. The van der Waals surface area contributed by atoms with Gasteiger partial charge in [-0.1, -0.05) is 25.6 Å². The summed E-state index contributed by atoms with van der Waals surface area (Å²) >= 11 is 1.55. The summed E-state index contributed by atoms with van der Waals surface area (Å²) in [5.41, 5.74) is 6.80. The van der Waals surface area contributed by atoms with Crippen LogP contribution in [0.1, 0.15) is 31.3 Å². The third-order valence-electron chi connectivity index (χ3n) is 2.42. The number of rotatable bonds is 3. The molecule has 18 heavy (non-hydrogen) atoms. The molecule has 2 aromatic rings. The molecule has 0 aliphatic heterocycles. The maximum absolute atomic E-state index is 5.81. The van der Waals surface area contributed by atoms with E-state index in [-0.39, 0.29) is 5.92 Å². The van der Waals surface area contributed by atoms with E-state index in [1.165, 1.54) is 0 Å². The van der Waals surface area contributed by atoms with Crippen LogP contribution in [-0.2, 0) is 7.05 Å². The SMILES string of the molecule is Cc1cc(Sc2cc(N)nc(C(C)C)n2)n(C)n1. The first-order valence-corrected chi connectivity index (χ1v) is 6.60. The van der Waals surface area contributed by atoms with Gasteiger partial charge in [-0.05, 0) is 13.0 Å². The zero-order chi connectivity index (χ0) is 13.3. The van der Waals surface area contributed by atoms with Gasteiger partial charge in [0.2, 0.25) is 0 Å². The lowest BCUT2D eigenvalue weighted by molar-refractivity contribution is 0.691. The monoisotopic (exact) mass is 263 g/mol. The van der Waals surface area contributed by atoms with Crippen LogP contribution >= 0.6 is 11.8 Å². The lowest BCUT2D eigenvalue weighted by Gasteiger charge is -2.07. The molecule has 2 N–H and O–H groups in total. The van der Waals surface area contributed by atoms with Crippen LogP contribution in [0, 0.1) is 6.92 Å². The number of aryl methyl sites for hydroxylation is 2. The third-order valence-corrected chi connectivity index (χ3v) is 3.43. The second-order valence-electron chi connectivity index (χ2n) is 4.49. The summed E-state index contributed by atoms with van der Waals surface area (Å²) in [5.74, 6) is 1.55. The molecule has 0 unspecified atom stereocenters. The highest BCUT2D eigenvalue weighted by molar-refractivity contribution is 7.99. The van der Waals surface area contributed by atoms with Crippen molar-refractivity contribution in [1.29, 1.82) is 0 Å². The lowest BCUT2D eigenvalue weighted by atomic mass is 10.2. The topological polar surface area (TPSA) is 69.6 Å². The molecule has 0 saturated heterocycles. The second-order valence-corrected chi connectivity index (χ2v) is 5.53. The van der Waals surface area contributed by atoms with Crippen LogP contribution in [0.15, 0.2) is 22.2 Å². The Morgan fingerprint density at radius 3 is 2.56 bits per heavy atom. The molecule has 0 bridgehead atoms. The Balaban J connectivity index is 2.31. The van der Waals surface area contributed by atoms with E-state index in [0.717, 1.165) is 21.6 Å².